The summed E-state index contributed by atoms with van der Waals surface area (Å²) < 4.78 is 10.8. The fraction of sp³-hybridized carbons (Fsp3) is 0.222. The van der Waals surface area contributed by atoms with Crippen molar-refractivity contribution in [2.75, 3.05) is 24.4 Å². The van der Waals surface area contributed by atoms with E-state index in [9.17, 15) is 9.59 Å². The normalized spacial score (nSPS) is 10.1. The lowest BCUT2D eigenvalue weighted by Gasteiger charge is -2.14. The van der Waals surface area contributed by atoms with E-state index in [1.165, 1.54) is 26.2 Å². The number of carbonyl (C=O) groups is 2. The molecule has 2 rings (SSSR count). The molecule has 0 aliphatic heterocycles. The number of methoxy groups -OCH3 is 1. The minimum absolute atomic E-state index is 0.235. The summed E-state index contributed by atoms with van der Waals surface area (Å²) >= 11 is 6.16. The Labute approximate surface area is 151 Å². The molecule has 2 N–H and O–H groups in total. The Hall–Kier alpha value is -2.73. The van der Waals surface area contributed by atoms with E-state index < -0.39 is 5.91 Å². The first-order chi connectivity index (χ1) is 12.0. The van der Waals surface area contributed by atoms with Crippen molar-refractivity contribution >= 4 is 34.8 Å². The van der Waals surface area contributed by atoms with Crippen LogP contribution in [0, 0.1) is 0 Å². The van der Waals surface area contributed by atoms with Crippen LogP contribution >= 0.6 is 11.6 Å². The molecule has 25 heavy (non-hydrogen) atoms. The zero-order valence-corrected chi connectivity index (χ0v) is 14.9. The quantitative estimate of drug-likeness (QED) is 0.815. The van der Waals surface area contributed by atoms with Gasteiger partial charge in [-0.2, -0.15) is 0 Å². The van der Waals surface area contributed by atoms with Gasteiger partial charge in [-0.1, -0.05) is 23.7 Å². The number of benzene rings is 2. The molecule has 0 fully saturated rings. The van der Waals surface area contributed by atoms with Crippen LogP contribution in [-0.4, -0.2) is 25.5 Å². The second kappa shape index (κ2) is 8.39. The molecular formula is C18H19ClN2O4. The summed E-state index contributed by atoms with van der Waals surface area (Å²) in [5, 5.41) is 5.61. The first-order valence-corrected chi connectivity index (χ1v) is 8.02. The third-order valence-electron chi connectivity index (χ3n) is 3.28. The molecule has 7 heteroatoms. The highest BCUT2D eigenvalue weighted by Gasteiger charge is 2.18. The zero-order chi connectivity index (χ0) is 18.4. The van der Waals surface area contributed by atoms with Gasteiger partial charge in [0, 0.05) is 13.0 Å². The minimum Gasteiger partial charge on any atom is -0.496 e. The molecule has 0 aliphatic carbocycles. The van der Waals surface area contributed by atoms with Crippen molar-refractivity contribution in [3.63, 3.8) is 0 Å². The summed E-state index contributed by atoms with van der Waals surface area (Å²) in [5.74, 6) is 0.185. The maximum absolute atomic E-state index is 12.6. The van der Waals surface area contributed by atoms with Crippen molar-refractivity contribution in [1.82, 2.24) is 0 Å². The van der Waals surface area contributed by atoms with Crippen LogP contribution in [0.2, 0.25) is 5.02 Å². The SMILES string of the molecule is CCOc1ccccc1NC(=O)c1cc(Cl)c(NC(C)=O)cc1OC. The maximum Gasteiger partial charge on any atom is 0.259 e. The molecule has 0 aromatic heterocycles. The van der Waals surface area contributed by atoms with Gasteiger partial charge in [0.05, 0.1) is 35.7 Å². The van der Waals surface area contributed by atoms with Crippen LogP contribution in [0.1, 0.15) is 24.2 Å². The Balaban J connectivity index is 2.33. The van der Waals surface area contributed by atoms with Crippen molar-refractivity contribution in [2.24, 2.45) is 0 Å². The third-order valence-corrected chi connectivity index (χ3v) is 3.59. The van der Waals surface area contributed by atoms with Crippen LogP contribution in [-0.2, 0) is 4.79 Å². The summed E-state index contributed by atoms with van der Waals surface area (Å²) in [7, 11) is 1.44. The molecule has 0 aliphatic rings. The van der Waals surface area contributed by atoms with Crippen LogP contribution in [0.5, 0.6) is 11.5 Å². The van der Waals surface area contributed by atoms with Gasteiger partial charge in [-0.25, -0.2) is 0 Å². The second-order valence-corrected chi connectivity index (χ2v) is 5.50. The number of hydrogen-bond acceptors (Lipinski definition) is 4. The van der Waals surface area contributed by atoms with E-state index in [4.69, 9.17) is 21.1 Å². The largest absolute Gasteiger partial charge is 0.496 e. The molecule has 0 spiro atoms. The number of rotatable bonds is 6. The maximum atomic E-state index is 12.6. The average molecular weight is 363 g/mol. The lowest BCUT2D eigenvalue weighted by Crippen LogP contribution is -2.15. The molecule has 2 aromatic carbocycles. The standard InChI is InChI=1S/C18H19ClN2O4/c1-4-25-16-8-6-5-7-14(16)21-18(23)12-9-13(19)15(20-11(2)22)10-17(12)24-3/h5-10H,4H2,1-3H3,(H,20,22)(H,21,23). The van der Waals surface area contributed by atoms with Crippen molar-refractivity contribution in [2.45, 2.75) is 13.8 Å². The highest BCUT2D eigenvalue weighted by Crippen LogP contribution is 2.32. The van der Waals surface area contributed by atoms with Gasteiger partial charge in [-0.3, -0.25) is 9.59 Å². The Kier molecular flexibility index (Phi) is 6.25. The Morgan fingerprint density at radius 2 is 1.80 bits per heavy atom. The Bertz CT molecular complexity index is 793. The molecule has 0 atom stereocenters. The Morgan fingerprint density at radius 1 is 1.08 bits per heavy atom. The monoisotopic (exact) mass is 362 g/mol. The number of para-hydroxylation sites is 2. The van der Waals surface area contributed by atoms with Crippen LogP contribution < -0.4 is 20.1 Å². The molecule has 2 aromatic rings. The number of nitrogens with one attached hydrogen (secondary N) is 2. The number of ether oxygens (including phenoxy) is 2. The molecule has 0 saturated heterocycles. The summed E-state index contributed by atoms with van der Waals surface area (Å²) in [6.45, 7) is 3.71. The predicted molar refractivity (Wildman–Crippen MR) is 97.9 cm³/mol. The van der Waals surface area contributed by atoms with E-state index in [2.05, 4.69) is 10.6 Å². The van der Waals surface area contributed by atoms with Crippen molar-refractivity contribution < 1.29 is 19.1 Å². The van der Waals surface area contributed by atoms with Crippen LogP contribution in [0.3, 0.4) is 0 Å². The molecule has 0 bridgehead atoms. The van der Waals surface area contributed by atoms with Gasteiger partial charge >= 0.3 is 0 Å². The average Bonchev–Trinajstić information content (AvgIpc) is 2.57. The number of hydrogen-bond donors (Lipinski definition) is 2. The molecule has 0 heterocycles. The van der Waals surface area contributed by atoms with Gasteiger partial charge in [0.2, 0.25) is 5.91 Å². The molecule has 132 valence electrons. The first kappa shape index (κ1) is 18.6. The lowest BCUT2D eigenvalue weighted by molar-refractivity contribution is -0.114. The Morgan fingerprint density at radius 3 is 2.44 bits per heavy atom. The summed E-state index contributed by atoms with van der Waals surface area (Å²) in [5.41, 5.74) is 1.16. The van der Waals surface area contributed by atoms with Crippen molar-refractivity contribution in [1.29, 1.82) is 0 Å². The van der Waals surface area contributed by atoms with E-state index in [0.29, 0.717) is 29.5 Å². The van der Waals surface area contributed by atoms with Gasteiger partial charge in [0.25, 0.3) is 5.91 Å². The van der Waals surface area contributed by atoms with E-state index in [0.717, 1.165) is 0 Å². The van der Waals surface area contributed by atoms with Crippen LogP contribution in [0.4, 0.5) is 11.4 Å². The van der Waals surface area contributed by atoms with E-state index in [1.807, 2.05) is 13.0 Å². The van der Waals surface area contributed by atoms with E-state index in [1.54, 1.807) is 18.2 Å². The second-order valence-electron chi connectivity index (χ2n) is 5.10. The highest BCUT2D eigenvalue weighted by atomic mass is 35.5. The molecule has 0 radical (unpaired) electrons. The molecule has 2 amide bonds. The first-order valence-electron chi connectivity index (χ1n) is 7.64. The summed E-state index contributed by atoms with van der Waals surface area (Å²) in [6.07, 6.45) is 0. The van der Waals surface area contributed by atoms with Gasteiger partial charge in [-0.15, -0.1) is 0 Å². The molecule has 6 nitrogen and oxygen atoms in total. The van der Waals surface area contributed by atoms with Crippen LogP contribution in [0.25, 0.3) is 0 Å². The highest BCUT2D eigenvalue weighted by molar-refractivity contribution is 6.34. The minimum atomic E-state index is -0.403. The van der Waals surface area contributed by atoms with Gasteiger partial charge in [0.15, 0.2) is 0 Å². The number of anilines is 2. The fourth-order valence-electron chi connectivity index (χ4n) is 2.23. The van der Waals surface area contributed by atoms with Gasteiger partial charge in [-0.05, 0) is 25.1 Å². The van der Waals surface area contributed by atoms with E-state index >= 15 is 0 Å². The molecular weight excluding hydrogens is 344 g/mol. The molecule has 0 unspecified atom stereocenters. The molecule has 0 saturated carbocycles. The number of halogens is 1. The summed E-state index contributed by atoms with van der Waals surface area (Å²) in [6, 6.07) is 10.1. The van der Waals surface area contributed by atoms with Gasteiger partial charge in [0.1, 0.15) is 11.5 Å². The number of carbonyl (C=O) groups excluding carboxylic acids is 2. The predicted octanol–water partition coefficient (Wildman–Crippen LogP) is 3.96. The topological polar surface area (TPSA) is 76.7 Å². The fourth-order valence-corrected chi connectivity index (χ4v) is 2.44. The van der Waals surface area contributed by atoms with Gasteiger partial charge < -0.3 is 20.1 Å². The van der Waals surface area contributed by atoms with Crippen LogP contribution in [0.15, 0.2) is 36.4 Å². The van der Waals surface area contributed by atoms with Crippen molar-refractivity contribution in [3.8, 4) is 11.5 Å². The third kappa shape index (κ3) is 4.64. The lowest BCUT2D eigenvalue weighted by atomic mass is 10.1. The number of amides is 2. The smallest absolute Gasteiger partial charge is 0.259 e. The van der Waals surface area contributed by atoms with Crippen molar-refractivity contribution in [3.05, 3.63) is 47.0 Å². The summed E-state index contributed by atoms with van der Waals surface area (Å²) in [4.78, 5) is 23.9. The van der Waals surface area contributed by atoms with E-state index in [-0.39, 0.29) is 16.5 Å². The zero-order valence-electron chi connectivity index (χ0n) is 14.2.